The molecule has 2 fully saturated rings. The minimum Gasteiger partial charge on any atom is -0.379 e. The van der Waals surface area contributed by atoms with E-state index in [9.17, 15) is 4.79 Å². The maximum atomic E-state index is 12.9. The van der Waals surface area contributed by atoms with E-state index < -0.39 is 0 Å². The largest absolute Gasteiger partial charge is 0.379 e. The third-order valence-electron chi connectivity index (χ3n) is 5.57. The molecule has 1 aliphatic carbocycles. The monoisotopic (exact) mass is 350 g/mol. The lowest BCUT2D eigenvalue weighted by molar-refractivity contribution is -0.123. The normalized spacial score (nSPS) is 19.1. The van der Waals surface area contributed by atoms with Gasteiger partial charge in [0.25, 0.3) is 0 Å². The van der Waals surface area contributed by atoms with E-state index in [0.717, 1.165) is 51.3 Å². The van der Waals surface area contributed by atoms with Crippen molar-refractivity contribution >= 4 is 5.91 Å². The first-order valence-electron chi connectivity index (χ1n) is 9.49. The van der Waals surface area contributed by atoms with Gasteiger partial charge >= 0.3 is 0 Å². The molecule has 0 radical (unpaired) electrons. The summed E-state index contributed by atoms with van der Waals surface area (Å²) in [6, 6.07) is 18.6. The van der Waals surface area contributed by atoms with Gasteiger partial charge in [0.05, 0.1) is 18.6 Å². The predicted molar refractivity (Wildman–Crippen MR) is 102 cm³/mol. The van der Waals surface area contributed by atoms with Crippen LogP contribution in [0.25, 0.3) is 0 Å². The molecule has 1 heterocycles. The fraction of sp³-hybridized carbons (Fsp3) is 0.409. The first kappa shape index (κ1) is 17.3. The van der Waals surface area contributed by atoms with Crippen LogP contribution in [0.15, 0.2) is 54.6 Å². The van der Waals surface area contributed by atoms with Gasteiger partial charge in [0.1, 0.15) is 0 Å². The summed E-state index contributed by atoms with van der Waals surface area (Å²) >= 11 is 0. The molecular formula is C22H26N2O2. The Bertz CT molecular complexity index is 750. The SMILES string of the molecule is O=C(NCc1ccccc1CN1CCOCC1)C1(c2ccccc2)CC1. The number of amides is 1. The van der Waals surface area contributed by atoms with Gasteiger partial charge in [0.15, 0.2) is 0 Å². The zero-order valence-electron chi connectivity index (χ0n) is 15.1. The molecule has 0 unspecified atom stereocenters. The highest BCUT2D eigenvalue weighted by Crippen LogP contribution is 2.48. The van der Waals surface area contributed by atoms with Crippen LogP contribution in [0.3, 0.4) is 0 Å². The van der Waals surface area contributed by atoms with Crippen LogP contribution in [0.2, 0.25) is 0 Å². The Balaban J connectivity index is 1.41. The van der Waals surface area contributed by atoms with E-state index >= 15 is 0 Å². The Morgan fingerprint density at radius 1 is 0.962 bits per heavy atom. The first-order chi connectivity index (χ1) is 12.8. The standard InChI is InChI=1S/C22H26N2O2/c25-21(22(10-11-22)20-8-2-1-3-9-20)23-16-18-6-4-5-7-19(18)17-24-12-14-26-15-13-24/h1-9H,10-17H2,(H,23,25). The third-order valence-corrected chi connectivity index (χ3v) is 5.57. The highest BCUT2D eigenvalue weighted by Gasteiger charge is 2.50. The smallest absolute Gasteiger partial charge is 0.230 e. The number of nitrogens with one attached hydrogen (secondary N) is 1. The summed E-state index contributed by atoms with van der Waals surface area (Å²) in [6.45, 7) is 5.06. The van der Waals surface area contributed by atoms with Gasteiger partial charge in [-0.05, 0) is 29.5 Å². The molecule has 4 rings (SSSR count). The molecule has 0 aromatic heterocycles. The van der Waals surface area contributed by atoms with E-state index in [2.05, 4.69) is 40.5 Å². The Kier molecular flexibility index (Phi) is 5.05. The molecule has 1 saturated carbocycles. The Hall–Kier alpha value is -2.17. The average molecular weight is 350 g/mol. The van der Waals surface area contributed by atoms with Gasteiger partial charge in [-0.2, -0.15) is 0 Å². The number of nitrogens with zero attached hydrogens (tertiary/aromatic N) is 1. The fourth-order valence-electron chi connectivity index (χ4n) is 3.76. The molecule has 0 atom stereocenters. The van der Waals surface area contributed by atoms with Crippen molar-refractivity contribution in [3.05, 3.63) is 71.3 Å². The molecule has 2 aromatic rings. The van der Waals surface area contributed by atoms with Crippen LogP contribution in [-0.4, -0.2) is 37.1 Å². The molecule has 4 nitrogen and oxygen atoms in total. The number of hydrogen-bond donors (Lipinski definition) is 1. The summed E-state index contributed by atoms with van der Waals surface area (Å²) in [5.41, 5.74) is 3.33. The van der Waals surface area contributed by atoms with Crippen molar-refractivity contribution in [3.8, 4) is 0 Å². The van der Waals surface area contributed by atoms with Crippen molar-refractivity contribution in [1.29, 1.82) is 0 Å². The zero-order valence-corrected chi connectivity index (χ0v) is 15.1. The molecule has 4 heteroatoms. The van der Waals surface area contributed by atoms with Crippen molar-refractivity contribution < 1.29 is 9.53 Å². The maximum absolute atomic E-state index is 12.9. The molecule has 136 valence electrons. The van der Waals surface area contributed by atoms with Crippen LogP contribution >= 0.6 is 0 Å². The number of hydrogen-bond acceptors (Lipinski definition) is 3. The van der Waals surface area contributed by atoms with Crippen LogP contribution in [0.4, 0.5) is 0 Å². The molecule has 2 aliphatic rings. The van der Waals surface area contributed by atoms with Crippen LogP contribution in [-0.2, 0) is 28.0 Å². The predicted octanol–water partition coefficient (Wildman–Crippen LogP) is 2.87. The summed E-state index contributed by atoms with van der Waals surface area (Å²) in [5.74, 6) is 0.157. The van der Waals surface area contributed by atoms with Crippen LogP contribution < -0.4 is 5.32 Å². The van der Waals surface area contributed by atoms with E-state index in [-0.39, 0.29) is 11.3 Å². The average Bonchev–Trinajstić information content (AvgIpc) is 3.51. The van der Waals surface area contributed by atoms with Crippen molar-refractivity contribution in [2.75, 3.05) is 26.3 Å². The molecule has 0 spiro atoms. The number of carbonyl (C=O) groups is 1. The van der Waals surface area contributed by atoms with Crippen molar-refractivity contribution in [1.82, 2.24) is 10.2 Å². The van der Waals surface area contributed by atoms with Crippen molar-refractivity contribution in [2.45, 2.75) is 31.3 Å². The van der Waals surface area contributed by atoms with Gasteiger partial charge in [0, 0.05) is 26.2 Å². The van der Waals surface area contributed by atoms with Crippen molar-refractivity contribution in [2.24, 2.45) is 0 Å². The van der Waals surface area contributed by atoms with Gasteiger partial charge in [-0.1, -0.05) is 54.6 Å². The summed E-state index contributed by atoms with van der Waals surface area (Å²) in [6.07, 6.45) is 1.89. The van der Waals surface area contributed by atoms with Crippen LogP contribution in [0.5, 0.6) is 0 Å². The number of morpholine rings is 1. The Morgan fingerprint density at radius 2 is 1.62 bits per heavy atom. The number of ether oxygens (including phenoxy) is 1. The second-order valence-corrected chi connectivity index (χ2v) is 7.29. The molecule has 1 amide bonds. The molecule has 1 N–H and O–H groups in total. The van der Waals surface area contributed by atoms with Crippen LogP contribution in [0.1, 0.15) is 29.5 Å². The highest BCUT2D eigenvalue weighted by atomic mass is 16.5. The van der Waals surface area contributed by atoms with Gasteiger partial charge in [-0.25, -0.2) is 0 Å². The summed E-state index contributed by atoms with van der Waals surface area (Å²) in [4.78, 5) is 15.3. The lowest BCUT2D eigenvalue weighted by atomic mass is 9.95. The van der Waals surface area contributed by atoms with Gasteiger partial charge in [-0.3, -0.25) is 9.69 Å². The molecular weight excluding hydrogens is 324 g/mol. The lowest BCUT2D eigenvalue weighted by Gasteiger charge is -2.27. The summed E-state index contributed by atoms with van der Waals surface area (Å²) < 4.78 is 5.43. The van der Waals surface area contributed by atoms with E-state index in [1.165, 1.54) is 11.1 Å². The van der Waals surface area contributed by atoms with E-state index in [0.29, 0.717) is 6.54 Å². The maximum Gasteiger partial charge on any atom is 0.230 e. The van der Waals surface area contributed by atoms with Gasteiger partial charge in [-0.15, -0.1) is 0 Å². The minimum absolute atomic E-state index is 0.157. The summed E-state index contributed by atoms with van der Waals surface area (Å²) in [7, 11) is 0. The third kappa shape index (κ3) is 3.67. The second-order valence-electron chi connectivity index (χ2n) is 7.29. The van der Waals surface area contributed by atoms with Crippen LogP contribution in [0, 0.1) is 0 Å². The second kappa shape index (κ2) is 7.60. The molecule has 2 aromatic carbocycles. The molecule has 1 saturated heterocycles. The lowest BCUT2D eigenvalue weighted by Crippen LogP contribution is -2.37. The van der Waals surface area contributed by atoms with E-state index in [1.807, 2.05) is 24.3 Å². The van der Waals surface area contributed by atoms with Crippen molar-refractivity contribution in [3.63, 3.8) is 0 Å². The van der Waals surface area contributed by atoms with E-state index in [4.69, 9.17) is 4.74 Å². The van der Waals surface area contributed by atoms with Gasteiger partial charge in [0.2, 0.25) is 5.91 Å². The molecule has 0 bridgehead atoms. The summed E-state index contributed by atoms with van der Waals surface area (Å²) in [5, 5.41) is 3.20. The van der Waals surface area contributed by atoms with E-state index in [1.54, 1.807) is 0 Å². The highest BCUT2D eigenvalue weighted by molar-refractivity contribution is 5.91. The Morgan fingerprint density at radius 3 is 2.31 bits per heavy atom. The number of carbonyl (C=O) groups excluding carboxylic acids is 1. The quantitative estimate of drug-likeness (QED) is 0.871. The topological polar surface area (TPSA) is 41.6 Å². The molecule has 26 heavy (non-hydrogen) atoms. The number of rotatable bonds is 6. The number of benzene rings is 2. The zero-order chi connectivity index (χ0) is 17.8. The first-order valence-corrected chi connectivity index (χ1v) is 9.49. The Labute approximate surface area is 155 Å². The fourth-order valence-corrected chi connectivity index (χ4v) is 3.76. The molecule has 1 aliphatic heterocycles. The minimum atomic E-state index is -0.305. The van der Waals surface area contributed by atoms with Gasteiger partial charge < -0.3 is 10.1 Å².